The molecule has 2 rings (SSSR count). The third kappa shape index (κ3) is 2.87. The van der Waals surface area contributed by atoms with E-state index in [-0.39, 0.29) is 6.04 Å². The Morgan fingerprint density at radius 1 is 1.22 bits per heavy atom. The van der Waals surface area contributed by atoms with Gasteiger partial charge in [-0.25, -0.2) is 0 Å². The van der Waals surface area contributed by atoms with Crippen molar-refractivity contribution < 1.29 is 4.74 Å². The van der Waals surface area contributed by atoms with Gasteiger partial charge in [-0.15, -0.1) is 0 Å². The van der Waals surface area contributed by atoms with Gasteiger partial charge in [-0.05, 0) is 37.1 Å². The highest BCUT2D eigenvalue weighted by Gasteiger charge is 2.12. The molecular formula is C15H18N2O. The summed E-state index contributed by atoms with van der Waals surface area (Å²) in [7, 11) is 1.67. The van der Waals surface area contributed by atoms with Crippen LogP contribution in [-0.2, 0) is 6.42 Å². The molecule has 2 N–H and O–H groups in total. The third-order valence-corrected chi connectivity index (χ3v) is 2.99. The number of ether oxygens (including phenoxy) is 1. The molecule has 1 unspecified atom stereocenters. The van der Waals surface area contributed by atoms with Crippen LogP contribution >= 0.6 is 0 Å². The summed E-state index contributed by atoms with van der Waals surface area (Å²) in [5, 5.41) is 0. The quantitative estimate of drug-likeness (QED) is 0.896. The molecule has 0 radical (unpaired) electrons. The van der Waals surface area contributed by atoms with Crippen molar-refractivity contribution in [2.24, 2.45) is 5.73 Å². The first-order valence-corrected chi connectivity index (χ1v) is 5.99. The number of benzene rings is 1. The molecule has 0 spiro atoms. The molecule has 0 bridgehead atoms. The minimum atomic E-state index is -0.0674. The molecule has 18 heavy (non-hydrogen) atoms. The molecule has 0 aliphatic heterocycles. The van der Waals surface area contributed by atoms with Crippen LogP contribution in [0.5, 0.6) is 5.75 Å². The van der Waals surface area contributed by atoms with Crippen LogP contribution in [0.15, 0.2) is 42.7 Å². The lowest BCUT2D eigenvalue weighted by atomic mass is 9.98. The van der Waals surface area contributed by atoms with Gasteiger partial charge in [-0.3, -0.25) is 4.98 Å². The second kappa shape index (κ2) is 5.65. The molecule has 1 aromatic carbocycles. The lowest BCUT2D eigenvalue weighted by Gasteiger charge is -2.16. The van der Waals surface area contributed by atoms with E-state index in [0.717, 1.165) is 17.7 Å². The van der Waals surface area contributed by atoms with Gasteiger partial charge in [0.2, 0.25) is 0 Å². The topological polar surface area (TPSA) is 48.1 Å². The Morgan fingerprint density at radius 3 is 2.61 bits per heavy atom. The first-order valence-electron chi connectivity index (χ1n) is 5.99. The summed E-state index contributed by atoms with van der Waals surface area (Å²) in [5.74, 6) is 0.849. The predicted molar refractivity (Wildman–Crippen MR) is 72.6 cm³/mol. The van der Waals surface area contributed by atoms with Crippen LogP contribution in [0.2, 0.25) is 0 Å². The molecule has 94 valence electrons. The van der Waals surface area contributed by atoms with Crippen LogP contribution in [0.1, 0.15) is 22.7 Å². The maximum absolute atomic E-state index is 6.27. The minimum absolute atomic E-state index is 0.0674. The first kappa shape index (κ1) is 12.6. The molecule has 1 aromatic heterocycles. The average molecular weight is 242 g/mol. The summed E-state index contributed by atoms with van der Waals surface area (Å²) in [4.78, 5) is 4.01. The van der Waals surface area contributed by atoms with E-state index >= 15 is 0 Å². The summed E-state index contributed by atoms with van der Waals surface area (Å²) in [5.41, 5.74) is 9.69. The van der Waals surface area contributed by atoms with E-state index in [1.54, 1.807) is 19.5 Å². The van der Waals surface area contributed by atoms with E-state index in [2.05, 4.69) is 18.0 Å². The normalized spacial score (nSPS) is 12.2. The van der Waals surface area contributed by atoms with Gasteiger partial charge >= 0.3 is 0 Å². The Morgan fingerprint density at radius 2 is 1.94 bits per heavy atom. The van der Waals surface area contributed by atoms with Crippen LogP contribution in [0.4, 0.5) is 0 Å². The highest BCUT2D eigenvalue weighted by molar-refractivity contribution is 5.39. The molecule has 0 aliphatic rings. The molecule has 0 fully saturated rings. The number of nitrogens with zero attached hydrogens (tertiary/aromatic N) is 1. The van der Waals surface area contributed by atoms with E-state index < -0.39 is 0 Å². The van der Waals surface area contributed by atoms with Crippen molar-refractivity contribution in [2.45, 2.75) is 19.4 Å². The lowest BCUT2D eigenvalue weighted by Crippen LogP contribution is -2.14. The van der Waals surface area contributed by atoms with Crippen LogP contribution in [0.3, 0.4) is 0 Å². The molecule has 1 heterocycles. The number of rotatable bonds is 4. The maximum atomic E-state index is 6.27. The smallest absolute Gasteiger partial charge is 0.123 e. The van der Waals surface area contributed by atoms with E-state index in [0.29, 0.717) is 0 Å². The van der Waals surface area contributed by atoms with Crippen molar-refractivity contribution in [2.75, 3.05) is 7.11 Å². The maximum Gasteiger partial charge on any atom is 0.123 e. The minimum Gasteiger partial charge on any atom is -0.496 e. The van der Waals surface area contributed by atoms with Gasteiger partial charge < -0.3 is 10.5 Å². The third-order valence-electron chi connectivity index (χ3n) is 2.99. The number of hydrogen-bond acceptors (Lipinski definition) is 3. The largest absolute Gasteiger partial charge is 0.496 e. The summed E-state index contributed by atoms with van der Waals surface area (Å²) >= 11 is 0. The fourth-order valence-corrected chi connectivity index (χ4v) is 2.03. The molecule has 0 saturated carbocycles. The summed E-state index contributed by atoms with van der Waals surface area (Å²) in [6.07, 6.45) is 4.35. The highest BCUT2D eigenvalue weighted by atomic mass is 16.5. The van der Waals surface area contributed by atoms with Crippen LogP contribution < -0.4 is 10.5 Å². The molecule has 0 saturated heterocycles. The molecule has 3 nitrogen and oxygen atoms in total. The van der Waals surface area contributed by atoms with Crippen molar-refractivity contribution in [3.05, 3.63) is 59.4 Å². The molecule has 0 aliphatic carbocycles. The fraction of sp³-hybridized carbons (Fsp3) is 0.267. The van der Waals surface area contributed by atoms with E-state index in [9.17, 15) is 0 Å². The average Bonchev–Trinajstić information content (AvgIpc) is 2.40. The van der Waals surface area contributed by atoms with Gasteiger partial charge in [-0.1, -0.05) is 17.7 Å². The van der Waals surface area contributed by atoms with Gasteiger partial charge in [0, 0.05) is 24.0 Å². The number of pyridine rings is 1. The molecule has 2 aromatic rings. The first-order chi connectivity index (χ1) is 8.70. The van der Waals surface area contributed by atoms with Gasteiger partial charge in [0.05, 0.1) is 7.11 Å². The molecular weight excluding hydrogens is 224 g/mol. The summed E-state index contributed by atoms with van der Waals surface area (Å²) in [6, 6.07) is 10.00. The predicted octanol–water partition coefficient (Wildman–Crippen LogP) is 2.64. The SMILES string of the molecule is COc1ccc(C)cc1C(N)Cc1ccncc1. The second-order valence-electron chi connectivity index (χ2n) is 4.41. The Labute approximate surface area is 108 Å². The van der Waals surface area contributed by atoms with E-state index in [1.165, 1.54) is 11.1 Å². The fourth-order valence-electron chi connectivity index (χ4n) is 2.03. The number of nitrogens with two attached hydrogens (primary N) is 1. The van der Waals surface area contributed by atoms with Crippen molar-refractivity contribution in [1.82, 2.24) is 4.98 Å². The Kier molecular flexibility index (Phi) is 3.95. The zero-order chi connectivity index (χ0) is 13.0. The summed E-state index contributed by atoms with van der Waals surface area (Å²) in [6.45, 7) is 2.06. The Hall–Kier alpha value is -1.87. The van der Waals surface area contributed by atoms with Crippen molar-refractivity contribution in [3.8, 4) is 5.75 Å². The highest BCUT2D eigenvalue weighted by Crippen LogP contribution is 2.26. The lowest BCUT2D eigenvalue weighted by molar-refractivity contribution is 0.405. The van der Waals surface area contributed by atoms with Crippen molar-refractivity contribution >= 4 is 0 Å². The zero-order valence-electron chi connectivity index (χ0n) is 10.8. The van der Waals surface area contributed by atoms with Gasteiger partial charge in [0.15, 0.2) is 0 Å². The van der Waals surface area contributed by atoms with Crippen molar-refractivity contribution in [3.63, 3.8) is 0 Å². The Bertz CT molecular complexity index is 511. The van der Waals surface area contributed by atoms with Gasteiger partial charge in [0.25, 0.3) is 0 Å². The van der Waals surface area contributed by atoms with E-state index in [1.807, 2.05) is 24.3 Å². The van der Waals surface area contributed by atoms with Gasteiger partial charge in [0.1, 0.15) is 5.75 Å². The molecule has 3 heteroatoms. The number of aromatic nitrogens is 1. The number of aryl methyl sites for hydroxylation is 1. The van der Waals surface area contributed by atoms with Crippen molar-refractivity contribution in [1.29, 1.82) is 0 Å². The molecule has 1 atom stereocenters. The van der Waals surface area contributed by atoms with E-state index in [4.69, 9.17) is 10.5 Å². The zero-order valence-corrected chi connectivity index (χ0v) is 10.8. The molecule has 0 amide bonds. The second-order valence-corrected chi connectivity index (χ2v) is 4.41. The van der Waals surface area contributed by atoms with Gasteiger partial charge in [-0.2, -0.15) is 0 Å². The summed E-state index contributed by atoms with van der Waals surface area (Å²) < 4.78 is 5.37. The van der Waals surface area contributed by atoms with Crippen LogP contribution in [-0.4, -0.2) is 12.1 Å². The van der Waals surface area contributed by atoms with Crippen LogP contribution in [0.25, 0.3) is 0 Å². The monoisotopic (exact) mass is 242 g/mol. The number of methoxy groups -OCH3 is 1. The van der Waals surface area contributed by atoms with Crippen LogP contribution in [0, 0.1) is 6.92 Å². The Balaban J connectivity index is 2.23. The standard InChI is InChI=1S/C15H18N2O/c1-11-3-4-15(18-2)13(9-11)14(16)10-12-5-7-17-8-6-12/h3-9,14H,10,16H2,1-2H3. The number of hydrogen-bond donors (Lipinski definition) is 1.